The molecule has 49 heavy (non-hydrogen) atoms. The summed E-state index contributed by atoms with van der Waals surface area (Å²) in [5, 5.41) is 2.72. The van der Waals surface area contributed by atoms with Gasteiger partial charge < -0.3 is 9.47 Å². The molecule has 0 radical (unpaired) electrons. The standard InChI is InChI=1S/C47H46N2/c1-33-23-27-40(28-24-33)49-45-22-11-10-20-42(45)44-32-46(41-19-8-9-21-43(41)47(44)49)48(38-17-6-3-7-18-38)39-29-25-35(26-30-39)37-16-12-15-36(31-37)34-13-4-2-5-14-34/h2-7,10-13,15-18,20,22-23,25,27-30,32-35,37H,8-9,14,19,21,24,26,31H2,1H3/t33?,34?,35?,37-/m0/s1. The van der Waals surface area contributed by atoms with Crippen molar-refractivity contribution in [2.24, 2.45) is 23.7 Å². The third kappa shape index (κ3) is 5.52. The van der Waals surface area contributed by atoms with Gasteiger partial charge >= 0.3 is 0 Å². The summed E-state index contributed by atoms with van der Waals surface area (Å²) in [6.07, 6.45) is 40.0. The second kappa shape index (κ2) is 12.9. The molecule has 0 aliphatic heterocycles. The summed E-state index contributed by atoms with van der Waals surface area (Å²) in [4.78, 5) is 2.57. The molecule has 2 nitrogen and oxygen atoms in total. The molecule has 0 saturated carbocycles. The molecule has 0 bridgehead atoms. The van der Waals surface area contributed by atoms with Crippen LogP contribution in [-0.4, -0.2) is 4.57 Å². The quantitative estimate of drug-likeness (QED) is 0.204. The molecule has 9 rings (SSSR count). The fourth-order valence-electron chi connectivity index (χ4n) is 9.00. The lowest BCUT2D eigenvalue weighted by Gasteiger charge is -2.34. The SMILES string of the molecule is CC1C=CC(n2c3ccccc3c3cc(N(C4=CCC([C@H]5C=CC=C(C6C=CC=CC6)C5)C=C4)c4ccccc4)c4c(c32)CCCC4)=CC1. The Bertz CT molecular complexity index is 2160. The van der Waals surface area contributed by atoms with E-state index in [9.17, 15) is 0 Å². The van der Waals surface area contributed by atoms with Crippen LogP contribution in [0.5, 0.6) is 0 Å². The highest BCUT2D eigenvalue weighted by Crippen LogP contribution is 2.46. The van der Waals surface area contributed by atoms with Crippen molar-refractivity contribution in [2.75, 3.05) is 4.90 Å². The number of allylic oxidation sites excluding steroid dienone is 15. The van der Waals surface area contributed by atoms with Gasteiger partial charge in [0.25, 0.3) is 0 Å². The van der Waals surface area contributed by atoms with Crippen molar-refractivity contribution in [3.63, 3.8) is 0 Å². The molecule has 0 N–H and O–H groups in total. The predicted octanol–water partition coefficient (Wildman–Crippen LogP) is 12.3. The van der Waals surface area contributed by atoms with E-state index in [2.05, 4.69) is 156 Å². The Morgan fingerprint density at radius 1 is 0.714 bits per heavy atom. The van der Waals surface area contributed by atoms with Crippen molar-refractivity contribution in [3.05, 3.63) is 162 Å². The first kappa shape index (κ1) is 30.3. The fraction of sp³-hybridized carbons (Fsp3) is 0.277. The minimum Gasteiger partial charge on any atom is -0.311 e. The summed E-state index contributed by atoms with van der Waals surface area (Å²) in [6.45, 7) is 2.31. The van der Waals surface area contributed by atoms with Crippen molar-refractivity contribution in [3.8, 4) is 0 Å². The molecule has 3 aromatic carbocycles. The van der Waals surface area contributed by atoms with Gasteiger partial charge in [0.2, 0.25) is 0 Å². The first-order valence-corrected chi connectivity index (χ1v) is 18.6. The second-order valence-electron chi connectivity index (χ2n) is 14.7. The number of rotatable bonds is 6. The number of hydrogen-bond donors (Lipinski definition) is 0. The Morgan fingerprint density at radius 3 is 2.37 bits per heavy atom. The number of anilines is 2. The summed E-state index contributed by atoms with van der Waals surface area (Å²) in [5.41, 5.74) is 12.6. The van der Waals surface area contributed by atoms with Crippen molar-refractivity contribution >= 4 is 38.9 Å². The first-order chi connectivity index (χ1) is 24.2. The van der Waals surface area contributed by atoms with E-state index in [-0.39, 0.29) is 0 Å². The molecule has 5 aliphatic carbocycles. The van der Waals surface area contributed by atoms with Gasteiger partial charge in [0.05, 0.1) is 16.7 Å². The van der Waals surface area contributed by atoms with Gasteiger partial charge in [-0.2, -0.15) is 0 Å². The van der Waals surface area contributed by atoms with Crippen LogP contribution >= 0.6 is 0 Å². The van der Waals surface area contributed by atoms with E-state index in [0.29, 0.717) is 23.7 Å². The molecule has 244 valence electrons. The molecule has 1 aromatic heterocycles. The average molecular weight is 639 g/mol. The summed E-state index contributed by atoms with van der Waals surface area (Å²) in [7, 11) is 0. The largest absolute Gasteiger partial charge is 0.311 e. The van der Waals surface area contributed by atoms with Crippen molar-refractivity contribution < 1.29 is 0 Å². The smallest absolute Gasteiger partial charge is 0.0577 e. The Morgan fingerprint density at radius 2 is 1.57 bits per heavy atom. The number of aryl methyl sites for hydroxylation is 1. The maximum Gasteiger partial charge on any atom is 0.0577 e. The average Bonchev–Trinajstić information content (AvgIpc) is 3.51. The summed E-state index contributed by atoms with van der Waals surface area (Å²) in [6, 6.07) is 22.7. The van der Waals surface area contributed by atoms with Gasteiger partial charge in [-0.1, -0.05) is 116 Å². The highest BCUT2D eigenvalue weighted by molar-refractivity contribution is 6.13. The number of nitrogens with zero attached hydrogens (tertiary/aromatic N) is 2. The van der Waals surface area contributed by atoms with Gasteiger partial charge in [0.15, 0.2) is 0 Å². The zero-order chi connectivity index (χ0) is 32.7. The Balaban J connectivity index is 1.13. The zero-order valence-electron chi connectivity index (χ0n) is 28.6. The maximum absolute atomic E-state index is 2.58. The first-order valence-electron chi connectivity index (χ1n) is 18.6. The van der Waals surface area contributed by atoms with Gasteiger partial charge in [-0.25, -0.2) is 0 Å². The highest BCUT2D eigenvalue weighted by atomic mass is 15.2. The Hall–Kier alpha value is -4.82. The van der Waals surface area contributed by atoms with Crippen LogP contribution in [0.3, 0.4) is 0 Å². The van der Waals surface area contributed by atoms with Crippen LogP contribution < -0.4 is 4.90 Å². The molecule has 0 spiro atoms. The van der Waals surface area contributed by atoms with Crippen LogP contribution in [0.1, 0.15) is 56.6 Å². The van der Waals surface area contributed by atoms with E-state index in [1.54, 1.807) is 11.1 Å². The van der Waals surface area contributed by atoms with Gasteiger partial charge in [-0.05, 0) is 117 Å². The molecular formula is C47H46N2. The van der Waals surface area contributed by atoms with Gasteiger partial charge in [-0.3, -0.25) is 0 Å². The molecule has 0 fully saturated rings. The molecule has 4 atom stereocenters. The highest BCUT2D eigenvalue weighted by Gasteiger charge is 2.29. The molecule has 5 aliphatic rings. The fourth-order valence-corrected chi connectivity index (χ4v) is 9.00. The van der Waals surface area contributed by atoms with Crippen LogP contribution in [-0.2, 0) is 12.8 Å². The summed E-state index contributed by atoms with van der Waals surface area (Å²) < 4.78 is 2.58. The molecule has 0 amide bonds. The van der Waals surface area contributed by atoms with Crippen molar-refractivity contribution in [1.29, 1.82) is 0 Å². The molecule has 2 heteroatoms. The van der Waals surface area contributed by atoms with Crippen LogP contribution in [0.15, 0.2) is 151 Å². The predicted molar refractivity (Wildman–Crippen MR) is 209 cm³/mol. The summed E-state index contributed by atoms with van der Waals surface area (Å²) >= 11 is 0. The third-order valence-corrected chi connectivity index (χ3v) is 11.6. The number of hydrogen-bond acceptors (Lipinski definition) is 1. The topological polar surface area (TPSA) is 8.17 Å². The maximum atomic E-state index is 2.58. The van der Waals surface area contributed by atoms with E-state index in [1.165, 1.54) is 63.0 Å². The monoisotopic (exact) mass is 638 g/mol. The minimum atomic E-state index is 0.512. The lowest BCUT2D eigenvalue weighted by atomic mass is 9.76. The lowest BCUT2D eigenvalue weighted by molar-refractivity contribution is 0.452. The second-order valence-corrected chi connectivity index (χ2v) is 14.7. The molecular weight excluding hydrogens is 593 g/mol. The number of benzene rings is 3. The Labute approximate surface area is 291 Å². The number of aromatic nitrogens is 1. The lowest BCUT2D eigenvalue weighted by Crippen LogP contribution is -2.23. The minimum absolute atomic E-state index is 0.512. The van der Waals surface area contributed by atoms with Crippen LogP contribution in [0.25, 0.3) is 27.5 Å². The number of fused-ring (bicyclic) bond motifs is 5. The van der Waals surface area contributed by atoms with E-state index >= 15 is 0 Å². The van der Waals surface area contributed by atoms with Gasteiger partial charge in [0, 0.05) is 33.8 Å². The summed E-state index contributed by atoms with van der Waals surface area (Å²) in [5.74, 6) is 2.19. The normalized spacial score (nSPS) is 24.6. The van der Waals surface area contributed by atoms with Gasteiger partial charge in [0.1, 0.15) is 0 Å². The van der Waals surface area contributed by atoms with Crippen LogP contribution in [0, 0.1) is 23.7 Å². The van der Waals surface area contributed by atoms with E-state index in [0.717, 1.165) is 38.5 Å². The molecule has 3 unspecified atom stereocenters. The van der Waals surface area contributed by atoms with Crippen LogP contribution in [0.2, 0.25) is 0 Å². The van der Waals surface area contributed by atoms with E-state index < -0.39 is 0 Å². The molecule has 1 heterocycles. The van der Waals surface area contributed by atoms with E-state index in [4.69, 9.17) is 0 Å². The van der Waals surface area contributed by atoms with Gasteiger partial charge in [-0.15, -0.1) is 0 Å². The van der Waals surface area contributed by atoms with Crippen molar-refractivity contribution in [1.82, 2.24) is 4.57 Å². The zero-order valence-corrected chi connectivity index (χ0v) is 28.6. The third-order valence-electron chi connectivity index (χ3n) is 11.6. The Kier molecular flexibility index (Phi) is 7.96. The van der Waals surface area contributed by atoms with Crippen LogP contribution in [0.4, 0.5) is 11.4 Å². The number of para-hydroxylation sites is 2. The molecule has 4 aromatic rings. The van der Waals surface area contributed by atoms with Crippen molar-refractivity contribution in [2.45, 2.75) is 58.3 Å². The van der Waals surface area contributed by atoms with E-state index in [1.807, 2.05) is 0 Å². The molecule has 0 saturated heterocycles.